The van der Waals surface area contributed by atoms with Crippen molar-refractivity contribution in [1.82, 2.24) is 15.2 Å². The van der Waals surface area contributed by atoms with Crippen LogP contribution in [0, 0.1) is 5.92 Å². The van der Waals surface area contributed by atoms with E-state index in [9.17, 15) is 9.59 Å². The molecule has 1 aromatic carbocycles. The zero-order valence-electron chi connectivity index (χ0n) is 12.8. The minimum Gasteiger partial charge on any atom is -0.334 e. The lowest BCUT2D eigenvalue weighted by Gasteiger charge is -2.23. The van der Waals surface area contributed by atoms with Crippen molar-refractivity contribution in [1.29, 1.82) is 0 Å². The summed E-state index contributed by atoms with van der Waals surface area (Å²) in [6, 6.07) is 13.3. The van der Waals surface area contributed by atoms with Gasteiger partial charge in [-0.25, -0.2) is 0 Å². The number of fused-ring (bicyclic) bond motifs is 1. The van der Waals surface area contributed by atoms with E-state index in [1.165, 1.54) is 0 Å². The highest BCUT2D eigenvalue weighted by Crippen LogP contribution is 2.28. The van der Waals surface area contributed by atoms with Gasteiger partial charge in [-0.15, -0.1) is 0 Å². The van der Waals surface area contributed by atoms with Crippen LogP contribution in [0.25, 0.3) is 11.3 Å². The Morgan fingerprint density at radius 3 is 2.70 bits per heavy atom. The summed E-state index contributed by atoms with van der Waals surface area (Å²) in [7, 11) is 0. The first kappa shape index (κ1) is 14.2. The van der Waals surface area contributed by atoms with Crippen LogP contribution in [0.5, 0.6) is 0 Å². The molecule has 2 aliphatic rings. The molecule has 5 heteroatoms. The Kier molecular flexibility index (Phi) is 3.50. The van der Waals surface area contributed by atoms with Crippen molar-refractivity contribution in [3.63, 3.8) is 0 Å². The molecule has 2 saturated heterocycles. The van der Waals surface area contributed by atoms with Crippen molar-refractivity contribution in [2.45, 2.75) is 12.5 Å². The van der Waals surface area contributed by atoms with Crippen LogP contribution < -0.4 is 10.9 Å². The SMILES string of the molecule is O=C(c1ccc(-c2ccccc2)[nH]c1=O)N1CC[C@@H]2CNC[C@@H]21. The summed E-state index contributed by atoms with van der Waals surface area (Å²) < 4.78 is 0. The van der Waals surface area contributed by atoms with Gasteiger partial charge < -0.3 is 15.2 Å². The Bertz CT molecular complexity index is 784. The first-order valence-electron chi connectivity index (χ1n) is 8.04. The fraction of sp³-hybridized carbons (Fsp3) is 0.333. The fourth-order valence-corrected chi connectivity index (χ4v) is 3.68. The zero-order valence-corrected chi connectivity index (χ0v) is 12.8. The van der Waals surface area contributed by atoms with Crippen molar-refractivity contribution in [3.05, 3.63) is 58.4 Å². The third-order valence-electron chi connectivity index (χ3n) is 4.93. The van der Waals surface area contributed by atoms with Gasteiger partial charge in [0.15, 0.2) is 0 Å². The number of nitrogens with zero attached hydrogens (tertiary/aromatic N) is 1. The molecule has 23 heavy (non-hydrogen) atoms. The molecule has 5 nitrogen and oxygen atoms in total. The Labute approximate surface area is 134 Å². The van der Waals surface area contributed by atoms with E-state index in [1.54, 1.807) is 6.07 Å². The topological polar surface area (TPSA) is 65.2 Å². The van der Waals surface area contributed by atoms with Crippen LogP contribution in [-0.2, 0) is 0 Å². The van der Waals surface area contributed by atoms with Crippen LogP contribution >= 0.6 is 0 Å². The molecule has 1 amide bonds. The van der Waals surface area contributed by atoms with Crippen LogP contribution in [0.15, 0.2) is 47.3 Å². The molecule has 2 N–H and O–H groups in total. The second-order valence-electron chi connectivity index (χ2n) is 6.25. The highest BCUT2D eigenvalue weighted by molar-refractivity contribution is 5.94. The van der Waals surface area contributed by atoms with Gasteiger partial charge in [0.05, 0.1) is 0 Å². The number of likely N-dealkylation sites (tertiary alicyclic amines) is 1. The highest BCUT2D eigenvalue weighted by atomic mass is 16.2. The highest BCUT2D eigenvalue weighted by Gasteiger charge is 2.40. The van der Waals surface area contributed by atoms with Gasteiger partial charge in [0, 0.05) is 31.4 Å². The molecular formula is C18H19N3O2. The number of aromatic nitrogens is 1. The summed E-state index contributed by atoms with van der Waals surface area (Å²) in [5.74, 6) is 0.378. The second-order valence-corrected chi connectivity index (χ2v) is 6.25. The molecule has 2 atom stereocenters. The maximum absolute atomic E-state index is 12.7. The van der Waals surface area contributed by atoms with E-state index >= 15 is 0 Å². The Balaban J connectivity index is 1.62. The van der Waals surface area contributed by atoms with Crippen molar-refractivity contribution < 1.29 is 4.79 Å². The molecule has 0 bridgehead atoms. The van der Waals surface area contributed by atoms with Gasteiger partial charge in [-0.05, 0) is 30.0 Å². The number of rotatable bonds is 2. The Morgan fingerprint density at radius 2 is 1.91 bits per heavy atom. The first-order chi connectivity index (χ1) is 11.2. The number of hydrogen-bond acceptors (Lipinski definition) is 3. The van der Waals surface area contributed by atoms with Crippen LogP contribution in [0.4, 0.5) is 0 Å². The molecule has 0 radical (unpaired) electrons. The minimum atomic E-state index is -0.314. The predicted octanol–water partition coefficient (Wildman–Crippen LogP) is 1.48. The summed E-state index contributed by atoms with van der Waals surface area (Å²) in [4.78, 5) is 29.8. The first-order valence-corrected chi connectivity index (χ1v) is 8.04. The fourth-order valence-electron chi connectivity index (χ4n) is 3.68. The molecule has 0 aliphatic carbocycles. The summed E-state index contributed by atoms with van der Waals surface area (Å²) in [5, 5.41) is 3.33. The van der Waals surface area contributed by atoms with Crippen molar-refractivity contribution >= 4 is 5.91 Å². The lowest BCUT2D eigenvalue weighted by molar-refractivity contribution is 0.0735. The van der Waals surface area contributed by atoms with E-state index < -0.39 is 0 Å². The van der Waals surface area contributed by atoms with Gasteiger partial charge in [-0.3, -0.25) is 9.59 Å². The molecule has 2 aliphatic heterocycles. The average Bonchev–Trinajstić information content (AvgIpc) is 3.18. The Hall–Kier alpha value is -2.40. The number of benzene rings is 1. The van der Waals surface area contributed by atoms with Gasteiger partial charge in [0.25, 0.3) is 11.5 Å². The van der Waals surface area contributed by atoms with Gasteiger partial charge in [0.1, 0.15) is 5.56 Å². The molecule has 0 unspecified atom stereocenters. The number of H-pyrrole nitrogens is 1. The van der Waals surface area contributed by atoms with E-state index in [2.05, 4.69) is 10.3 Å². The quantitative estimate of drug-likeness (QED) is 0.883. The largest absolute Gasteiger partial charge is 0.334 e. The smallest absolute Gasteiger partial charge is 0.261 e. The monoisotopic (exact) mass is 309 g/mol. The van der Waals surface area contributed by atoms with E-state index in [0.717, 1.165) is 37.3 Å². The van der Waals surface area contributed by atoms with E-state index in [0.29, 0.717) is 5.92 Å². The van der Waals surface area contributed by atoms with Crippen molar-refractivity contribution in [2.24, 2.45) is 5.92 Å². The molecule has 4 rings (SSSR count). The molecule has 0 spiro atoms. The summed E-state index contributed by atoms with van der Waals surface area (Å²) in [6.07, 6.45) is 1.02. The van der Waals surface area contributed by atoms with Gasteiger partial charge in [-0.2, -0.15) is 0 Å². The number of nitrogens with one attached hydrogen (secondary N) is 2. The van der Waals surface area contributed by atoms with E-state index in [1.807, 2.05) is 41.3 Å². The number of aromatic amines is 1. The van der Waals surface area contributed by atoms with Crippen LogP contribution in [0.3, 0.4) is 0 Å². The van der Waals surface area contributed by atoms with E-state index in [4.69, 9.17) is 0 Å². The lowest BCUT2D eigenvalue weighted by Crippen LogP contribution is -2.41. The number of carbonyl (C=O) groups is 1. The number of pyridine rings is 1. The zero-order chi connectivity index (χ0) is 15.8. The third kappa shape index (κ3) is 2.47. The molecule has 2 fully saturated rings. The molecule has 0 saturated carbocycles. The molecule has 118 valence electrons. The van der Waals surface area contributed by atoms with E-state index in [-0.39, 0.29) is 23.1 Å². The molecule has 2 aromatic rings. The lowest BCUT2D eigenvalue weighted by atomic mass is 10.0. The number of carbonyl (C=O) groups excluding carboxylic acids is 1. The van der Waals surface area contributed by atoms with Crippen LogP contribution in [-0.4, -0.2) is 41.5 Å². The molecular weight excluding hydrogens is 290 g/mol. The molecule has 1 aromatic heterocycles. The maximum Gasteiger partial charge on any atom is 0.261 e. The average molecular weight is 309 g/mol. The standard InChI is InChI=1S/C18H19N3O2/c22-17-14(6-7-15(20-17)12-4-2-1-3-5-12)18(23)21-9-8-13-10-19-11-16(13)21/h1-7,13,16,19H,8-11H2,(H,20,22)/t13-,16+/m1/s1. The van der Waals surface area contributed by atoms with Gasteiger partial charge >= 0.3 is 0 Å². The van der Waals surface area contributed by atoms with Crippen LogP contribution in [0.2, 0.25) is 0 Å². The summed E-state index contributed by atoms with van der Waals surface area (Å²) in [6.45, 7) is 2.55. The number of hydrogen-bond donors (Lipinski definition) is 2. The normalized spacial score (nSPS) is 23.0. The summed E-state index contributed by atoms with van der Waals surface area (Å²) >= 11 is 0. The molecule has 3 heterocycles. The minimum absolute atomic E-state index is 0.151. The third-order valence-corrected chi connectivity index (χ3v) is 4.93. The van der Waals surface area contributed by atoms with Gasteiger partial charge in [-0.1, -0.05) is 30.3 Å². The van der Waals surface area contributed by atoms with Crippen molar-refractivity contribution in [3.8, 4) is 11.3 Å². The summed E-state index contributed by atoms with van der Waals surface area (Å²) in [5.41, 5.74) is 1.59. The number of amides is 1. The van der Waals surface area contributed by atoms with Crippen molar-refractivity contribution in [2.75, 3.05) is 19.6 Å². The van der Waals surface area contributed by atoms with Gasteiger partial charge in [0.2, 0.25) is 0 Å². The van der Waals surface area contributed by atoms with Crippen LogP contribution in [0.1, 0.15) is 16.8 Å². The second kappa shape index (κ2) is 5.66. The maximum atomic E-state index is 12.7. The Morgan fingerprint density at radius 1 is 1.09 bits per heavy atom. The predicted molar refractivity (Wildman–Crippen MR) is 88.3 cm³/mol.